The number of nitrogens with one attached hydrogen (secondary N) is 2. The van der Waals surface area contributed by atoms with E-state index < -0.39 is 23.8 Å². The minimum Gasteiger partial charge on any atom is -0.444 e. The number of rotatable bonds is 14. The van der Waals surface area contributed by atoms with Crippen molar-refractivity contribution in [2.75, 3.05) is 6.54 Å². The van der Waals surface area contributed by atoms with Crippen LogP contribution in [0.1, 0.15) is 102 Å². The first-order chi connectivity index (χ1) is 19.3. The zero-order valence-corrected chi connectivity index (χ0v) is 26.4. The molecule has 2 N–H and O–H groups in total. The van der Waals surface area contributed by atoms with Crippen LogP contribution < -0.4 is 10.6 Å². The van der Waals surface area contributed by atoms with Crippen molar-refractivity contribution in [3.63, 3.8) is 0 Å². The van der Waals surface area contributed by atoms with Gasteiger partial charge in [0.25, 0.3) is 0 Å². The Kier molecular flexibility index (Phi) is 13.4. The van der Waals surface area contributed by atoms with E-state index in [-0.39, 0.29) is 17.7 Å². The second-order valence-corrected chi connectivity index (χ2v) is 12.3. The molecule has 0 radical (unpaired) electrons. The summed E-state index contributed by atoms with van der Waals surface area (Å²) in [6.45, 7) is 16.0. The molecule has 0 heterocycles. The van der Waals surface area contributed by atoms with Crippen molar-refractivity contribution in [3.8, 4) is 0 Å². The van der Waals surface area contributed by atoms with Crippen LogP contribution in [0.15, 0.2) is 48.5 Å². The summed E-state index contributed by atoms with van der Waals surface area (Å²) in [7, 11) is 0. The Morgan fingerprint density at radius 3 is 2.20 bits per heavy atom. The van der Waals surface area contributed by atoms with Gasteiger partial charge in [0, 0.05) is 13.1 Å². The molecule has 0 saturated heterocycles. The van der Waals surface area contributed by atoms with Gasteiger partial charge in [-0.3, -0.25) is 9.59 Å². The predicted molar refractivity (Wildman–Crippen MR) is 165 cm³/mol. The number of carbonyl (C=O) groups excluding carboxylic acids is 3. The maximum Gasteiger partial charge on any atom is 0.408 e. The van der Waals surface area contributed by atoms with Crippen molar-refractivity contribution in [1.29, 1.82) is 0 Å². The molecule has 3 amide bonds. The minimum atomic E-state index is -0.852. The van der Waals surface area contributed by atoms with Crippen molar-refractivity contribution in [3.05, 3.63) is 70.8 Å². The maximum absolute atomic E-state index is 14.4. The summed E-state index contributed by atoms with van der Waals surface area (Å²) in [5, 5.41) is 5.89. The number of unbranched alkanes of at least 4 members (excludes halogenated alkanes) is 4. The summed E-state index contributed by atoms with van der Waals surface area (Å²) in [4.78, 5) is 42.9. The number of ether oxygens (including phenoxy) is 1. The van der Waals surface area contributed by atoms with E-state index in [2.05, 4.69) is 17.6 Å². The molecule has 226 valence electrons. The molecule has 2 unspecified atom stereocenters. The number of aryl methyl sites for hydroxylation is 2. The molecule has 0 spiro atoms. The molecule has 2 aromatic rings. The standard InChI is InChI=1S/C34H51N3O4/c1-9-10-11-12-16-21-37(32(39)29(24(2)3)36-33(40)41-34(6,7)8)30(28-22-25(4)19-20-26(28)5)31(38)35-23-27-17-14-13-15-18-27/h13-15,17-20,22,24,29-30H,9-12,16,21,23H2,1-8H3,(H,35,38)(H,36,40). The number of hydrogen-bond donors (Lipinski definition) is 2. The van der Waals surface area contributed by atoms with Crippen LogP contribution in [0.25, 0.3) is 0 Å². The quantitative estimate of drug-likeness (QED) is 0.241. The molecule has 2 rings (SSSR count). The normalized spacial score (nSPS) is 12.9. The van der Waals surface area contributed by atoms with Gasteiger partial charge in [0.2, 0.25) is 11.8 Å². The topological polar surface area (TPSA) is 87.7 Å². The molecule has 7 heteroatoms. The zero-order chi connectivity index (χ0) is 30.6. The Morgan fingerprint density at radius 2 is 1.59 bits per heavy atom. The van der Waals surface area contributed by atoms with Gasteiger partial charge < -0.3 is 20.3 Å². The highest BCUT2D eigenvalue weighted by Crippen LogP contribution is 2.28. The number of alkyl carbamates (subject to hydrolysis) is 1. The van der Waals surface area contributed by atoms with Gasteiger partial charge in [-0.05, 0) is 63.6 Å². The van der Waals surface area contributed by atoms with E-state index in [1.54, 1.807) is 25.7 Å². The summed E-state index contributed by atoms with van der Waals surface area (Å²) in [5.74, 6) is -0.754. The third-order valence-electron chi connectivity index (χ3n) is 6.99. The average molecular weight is 566 g/mol. The highest BCUT2D eigenvalue weighted by molar-refractivity contribution is 5.92. The zero-order valence-electron chi connectivity index (χ0n) is 26.4. The van der Waals surface area contributed by atoms with E-state index in [1.165, 1.54) is 0 Å². The second kappa shape index (κ2) is 16.2. The Bertz CT molecular complexity index is 1120. The summed E-state index contributed by atoms with van der Waals surface area (Å²) in [5.41, 5.74) is 3.00. The summed E-state index contributed by atoms with van der Waals surface area (Å²) >= 11 is 0. The van der Waals surface area contributed by atoms with Gasteiger partial charge in [0.15, 0.2) is 0 Å². The van der Waals surface area contributed by atoms with E-state index in [0.29, 0.717) is 13.1 Å². The van der Waals surface area contributed by atoms with Gasteiger partial charge in [0.1, 0.15) is 17.7 Å². The fourth-order valence-electron chi connectivity index (χ4n) is 4.77. The Labute approximate surface area is 247 Å². The van der Waals surface area contributed by atoms with Crippen LogP contribution in [-0.2, 0) is 20.9 Å². The number of carbonyl (C=O) groups is 3. The van der Waals surface area contributed by atoms with Gasteiger partial charge in [-0.15, -0.1) is 0 Å². The van der Waals surface area contributed by atoms with Crippen molar-refractivity contribution < 1.29 is 19.1 Å². The van der Waals surface area contributed by atoms with Gasteiger partial charge in [-0.25, -0.2) is 4.79 Å². The Morgan fingerprint density at radius 1 is 0.927 bits per heavy atom. The number of hydrogen-bond acceptors (Lipinski definition) is 4. The third kappa shape index (κ3) is 11.2. The van der Waals surface area contributed by atoms with Crippen LogP contribution in [0.5, 0.6) is 0 Å². The number of amides is 3. The molecule has 0 fully saturated rings. The SMILES string of the molecule is CCCCCCCN(C(=O)C(NC(=O)OC(C)(C)C)C(C)C)C(C(=O)NCc1ccccc1)c1cc(C)ccc1C. The highest BCUT2D eigenvalue weighted by atomic mass is 16.6. The average Bonchev–Trinajstić information content (AvgIpc) is 2.90. The molecule has 0 aliphatic carbocycles. The Balaban J connectivity index is 2.51. The van der Waals surface area contributed by atoms with Crippen LogP contribution >= 0.6 is 0 Å². The minimum absolute atomic E-state index is 0.218. The monoisotopic (exact) mass is 565 g/mol. The fraction of sp³-hybridized carbons (Fsp3) is 0.559. The number of benzene rings is 2. The van der Waals surface area contributed by atoms with Crippen molar-refractivity contribution in [1.82, 2.24) is 15.5 Å². The molecule has 41 heavy (non-hydrogen) atoms. The van der Waals surface area contributed by atoms with Gasteiger partial charge >= 0.3 is 6.09 Å². The van der Waals surface area contributed by atoms with Crippen LogP contribution in [0.2, 0.25) is 0 Å². The molecular formula is C34H51N3O4. The van der Waals surface area contributed by atoms with Crippen LogP contribution in [0.3, 0.4) is 0 Å². The van der Waals surface area contributed by atoms with Gasteiger partial charge in [-0.2, -0.15) is 0 Å². The van der Waals surface area contributed by atoms with Crippen molar-refractivity contribution >= 4 is 17.9 Å². The van der Waals surface area contributed by atoms with Gasteiger partial charge in [-0.1, -0.05) is 101 Å². The summed E-state index contributed by atoms with van der Waals surface area (Å²) in [6.07, 6.45) is 4.37. The van der Waals surface area contributed by atoms with Gasteiger partial charge in [0.05, 0.1) is 0 Å². The predicted octanol–water partition coefficient (Wildman–Crippen LogP) is 7.01. The molecule has 0 aromatic heterocycles. The van der Waals surface area contributed by atoms with Crippen molar-refractivity contribution in [2.45, 2.75) is 112 Å². The summed E-state index contributed by atoms with van der Waals surface area (Å²) < 4.78 is 5.49. The number of nitrogens with zero attached hydrogens (tertiary/aromatic N) is 1. The lowest BCUT2D eigenvalue weighted by Crippen LogP contribution is -2.55. The second-order valence-electron chi connectivity index (χ2n) is 12.3. The first kappa shape index (κ1) is 33.9. The summed E-state index contributed by atoms with van der Waals surface area (Å²) in [6, 6.07) is 14.0. The van der Waals surface area contributed by atoms with Crippen LogP contribution in [0.4, 0.5) is 4.79 Å². The third-order valence-corrected chi connectivity index (χ3v) is 6.99. The van der Waals surface area contributed by atoms with E-state index in [9.17, 15) is 14.4 Å². The molecular weight excluding hydrogens is 514 g/mol. The lowest BCUT2D eigenvalue weighted by molar-refractivity contribution is -0.143. The van der Waals surface area contributed by atoms with Crippen LogP contribution in [-0.4, -0.2) is 41.0 Å². The first-order valence-electron chi connectivity index (χ1n) is 15.0. The highest BCUT2D eigenvalue weighted by Gasteiger charge is 2.37. The molecule has 2 aromatic carbocycles. The smallest absolute Gasteiger partial charge is 0.408 e. The lowest BCUT2D eigenvalue weighted by Gasteiger charge is -2.36. The largest absolute Gasteiger partial charge is 0.444 e. The Hall–Kier alpha value is -3.35. The van der Waals surface area contributed by atoms with Crippen LogP contribution in [0, 0.1) is 19.8 Å². The maximum atomic E-state index is 14.4. The molecule has 2 atom stereocenters. The lowest BCUT2D eigenvalue weighted by atomic mass is 9.94. The molecule has 0 saturated carbocycles. The molecule has 7 nitrogen and oxygen atoms in total. The van der Waals surface area contributed by atoms with E-state index in [1.807, 2.05) is 76.2 Å². The molecule has 0 aliphatic rings. The fourth-order valence-corrected chi connectivity index (χ4v) is 4.77. The van der Waals surface area contributed by atoms with E-state index in [4.69, 9.17) is 4.74 Å². The molecule has 0 bridgehead atoms. The van der Waals surface area contributed by atoms with Crippen molar-refractivity contribution in [2.24, 2.45) is 5.92 Å². The molecule has 0 aliphatic heterocycles. The van der Waals surface area contributed by atoms with E-state index >= 15 is 0 Å². The first-order valence-corrected chi connectivity index (χ1v) is 15.0. The van der Waals surface area contributed by atoms with E-state index in [0.717, 1.165) is 54.4 Å².